The summed E-state index contributed by atoms with van der Waals surface area (Å²) < 4.78 is 5.83. The first kappa shape index (κ1) is 42.0. The Morgan fingerprint density at radius 3 is 1.33 bits per heavy atom. The molecule has 0 saturated carbocycles. The zero-order valence-corrected chi connectivity index (χ0v) is 29.8. The van der Waals surface area contributed by atoms with Crippen molar-refractivity contribution in [3.63, 3.8) is 0 Å². The van der Waals surface area contributed by atoms with Crippen LogP contribution in [0.15, 0.2) is 24.3 Å². The summed E-state index contributed by atoms with van der Waals surface area (Å²) in [5.74, 6) is 0.608. The first-order valence-corrected chi connectivity index (χ1v) is 19.7. The maximum atomic E-state index is 12.5. The molecule has 0 aliphatic heterocycles. The fourth-order valence-electron chi connectivity index (χ4n) is 5.99. The van der Waals surface area contributed by atoms with Crippen LogP contribution < -0.4 is 0 Å². The topological polar surface area (TPSA) is 26.3 Å². The molecular weight excluding hydrogens is 524 g/mol. The van der Waals surface area contributed by atoms with E-state index in [0.717, 1.165) is 19.3 Å². The van der Waals surface area contributed by atoms with Gasteiger partial charge in [-0.3, -0.25) is 4.79 Å². The highest BCUT2D eigenvalue weighted by Crippen LogP contribution is 2.21. The van der Waals surface area contributed by atoms with Gasteiger partial charge < -0.3 is 4.74 Å². The predicted molar refractivity (Wildman–Crippen MR) is 193 cm³/mol. The quantitative estimate of drug-likeness (QED) is 0.0410. The second kappa shape index (κ2) is 37.1. The van der Waals surface area contributed by atoms with Gasteiger partial charge in [0.1, 0.15) is 0 Å². The van der Waals surface area contributed by atoms with E-state index >= 15 is 0 Å². The van der Waals surface area contributed by atoms with Gasteiger partial charge in [0.15, 0.2) is 0 Å². The molecule has 0 amide bonds. The van der Waals surface area contributed by atoms with Crippen LogP contribution in [0.25, 0.3) is 0 Å². The molecule has 0 bridgehead atoms. The molecule has 0 heterocycles. The monoisotopic (exact) mass is 603 g/mol. The number of ether oxygens (including phenoxy) is 1. The van der Waals surface area contributed by atoms with Crippen molar-refractivity contribution in [2.45, 2.75) is 220 Å². The molecule has 2 nitrogen and oxygen atoms in total. The van der Waals surface area contributed by atoms with Crippen LogP contribution in [0.3, 0.4) is 0 Å². The molecule has 0 spiro atoms. The summed E-state index contributed by atoms with van der Waals surface area (Å²) in [4.78, 5) is 12.5. The molecule has 1 unspecified atom stereocenters. The molecule has 0 saturated heterocycles. The van der Waals surface area contributed by atoms with Crippen LogP contribution in [0.4, 0.5) is 0 Å². The Morgan fingerprint density at radius 1 is 0.465 bits per heavy atom. The first-order valence-electron chi connectivity index (χ1n) is 19.7. The van der Waals surface area contributed by atoms with Crippen molar-refractivity contribution in [2.75, 3.05) is 6.61 Å². The second-order valence-corrected chi connectivity index (χ2v) is 13.4. The minimum atomic E-state index is 0.0404. The van der Waals surface area contributed by atoms with E-state index in [2.05, 4.69) is 45.1 Å². The lowest BCUT2D eigenvalue weighted by molar-refractivity contribution is -0.145. The van der Waals surface area contributed by atoms with Crippen LogP contribution in [0, 0.1) is 5.92 Å². The Hall–Kier alpha value is -1.05. The average Bonchev–Trinajstić information content (AvgIpc) is 3.01. The number of hydrogen-bond donors (Lipinski definition) is 0. The van der Waals surface area contributed by atoms with E-state index in [1.165, 1.54) is 173 Å². The largest absolute Gasteiger partial charge is 0.465 e. The predicted octanol–water partition coefficient (Wildman–Crippen LogP) is 14.4. The number of allylic oxidation sites excluding steroid dienone is 4. The molecule has 0 aliphatic carbocycles. The van der Waals surface area contributed by atoms with Crippen LogP contribution in [-0.2, 0) is 9.53 Å². The van der Waals surface area contributed by atoms with Gasteiger partial charge in [0, 0.05) is 6.42 Å². The Kier molecular flexibility index (Phi) is 36.2. The Morgan fingerprint density at radius 2 is 0.837 bits per heavy atom. The van der Waals surface area contributed by atoms with Crippen LogP contribution in [0.2, 0.25) is 0 Å². The summed E-state index contributed by atoms with van der Waals surface area (Å²) in [7, 11) is 0. The van der Waals surface area contributed by atoms with Crippen molar-refractivity contribution in [2.24, 2.45) is 5.92 Å². The summed E-state index contributed by atoms with van der Waals surface area (Å²) in [5, 5.41) is 0. The van der Waals surface area contributed by atoms with Crippen LogP contribution >= 0.6 is 0 Å². The number of rotatable bonds is 35. The van der Waals surface area contributed by atoms with Gasteiger partial charge >= 0.3 is 5.97 Å². The van der Waals surface area contributed by atoms with E-state index in [0.29, 0.717) is 18.9 Å². The van der Waals surface area contributed by atoms with Crippen molar-refractivity contribution < 1.29 is 9.53 Å². The summed E-state index contributed by atoms with van der Waals surface area (Å²) >= 11 is 0. The van der Waals surface area contributed by atoms with Gasteiger partial charge in [-0.25, -0.2) is 0 Å². The van der Waals surface area contributed by atoms with Gasteiger partial charge in [-0.05, 0) is 57.3 Å². The lowest BCUT2D eigenvalue weighted by Crippen LogP contribution is -2.14. The third kappa shape index (κ3) is 35.3. The molecule has 0 N–H and O–H groups in total. The van der Waals surface area contributed by atoms with Crippen LogP contribution in [0.1, 0.15) is 220 Å². The zero-order valence-electron chi connectivity index (χ0n) is 29.8. The maximum absolute atomic E-state index is 12.5. The summed E-state index contributed by atoms with van der Waals surface area (Å²) in [6.07, 6.45) is 49.1. The molecule has 0 aromatic carbocycles. The normalized spacial score (nSPS) is 12.5. The summed E-state index contributed by atoms with van der Waals surface area (Å²) in [6, 6.07) is 0. The van der Waals surface area contributed by atoms with E-state index in [1.54, 1.807) is 0 Å². The van der Waals surface area contributed by atoms with Gasteiger partial charge in [-0.1, -0.05) is 186 Å². The number of carbonyl (C=O) groups excluding carboxylic acids is 1. The Labute approximate surface area is 271 Å². The fourth-order valence-corrected chi connectivity index (χ4v) is 5.99. The molecular formula is C41H78O2. The molecule has 0 aromatic rings. The highest BCUT2D eigenvalue weighted by atomic mass is 16.5. The number of hydrogen-bond acceptors (Lipinski definition) is 2. The molecule has 0 fully saturated rings. The molecule has 2 heteroatoms. The molecule has 1 atom stereocenters. The van der Waals surface area contributed by atoms with Crippen molar-refractivity contribution in [1.29, 1.82) is 0 Å². The van der Waals surface area contributed by atoms with Crippen molar-refractivity contribution in [3.8, 4) is 0 Å². The lowest BCUT2D eigenvalue weighted by atomic mass is 9.94. The average molecular weight is 603 g/mol. The van der Waals surface area contributed by atoms with E-state index in [4.69, 9.17) is 4.74 Å². The molecule has 0 aliphatic rings. The number of esters is 1. The summed E-state index contributed by atoms with van der Waals surface area (Å²) in [5.41, 5.74) is 0. The SMILES string of the molecule is CCCCCC=CCC=CCCCCCCCC(=O)OCC(CCCCCCCCCC)CCCCCCCCCCC. The molecule has 0 aromatic heterocycles. The molecule has 0 radical (unpaired) electrons. The molecule has 0 rings (SSSR count). The Bertz CT molecular complexity index is 593. The standard InChI is InChI=1S/C41H78O2/c1-4-7-10-13-16-19-20-21-22-23-24-26-29-32-35-38-41(42)43-39-40(36-33-30-27-18-15-12-9-6-3)37-34-31-28-25-17-14-11-8-5-2/h16,19,21-22,40H,4-15,17-18,20,23-39H2,1-3H3. The third-order valence-corrected chi connectivity index (χ3v) is 8.99. The second-order valence-electron chi connectivity index (χ2n) is 13.4. The Balaban J connectivity index is 3.98. The van der Waals surface area contributed by atoms with Crippen LogP contribution in [-0.4, -0.2) is 12.6 Å². The van der Waals surface area contributed by atoms with E-state index in [9.17, 15) is 4.79 Å². The van der Waals surface area contributed by atoms with E-state index in [1.807, 2.05) is 0 Å². The lowest BCUT2D eigenvalue weighted by Gasteiger charge is -2.17. The highest BCUT2D eigenvalue weighted by molar-refractivity contribution is 5.69. The maximum Gasteiger partial charge on any atom is 0.305 e. The highest BCUT2D eigenvalue weighted by Gasteiger charge is 2.12. The van der Waals surface area contributed by atoms with E-state index in [-0.39, 0.29) is 5.97 Å². The molecule has 254 valence electrons. The smallest absolute Gasteiger partial charge is 0.305 e. The van der Waals surface area contributed by atoms with Gasteiger partial charge in [0.2, 0.25) is 0 Å². The van der Waals surface area contributed by atoms with E-state index < -0.39 is 0 Å². The minimum absolute atomic E-state index is 0.0404. The third-order valence-electron chi connectivity index (χ3n) is 8.99. The summed E-state index contributed by atoms with van der Waals surface area (Å²) in [6.45, 7) is 7.50. The first-order chi connectivity index (χ1) is 21.2. The van der Waals surface area contributed by atoms with Gasteiger partial charge in [0.25, 0.3) is 0 Å². The van der Waals surface area contributed by atoms with Crippen LogP contribution in [0.5, 0.6) is 0 Å². The van der Waals surface area contributed by atoms with Gasteiger partial charge in [0.05, 0.1) is 6.61 Å². The van der Waals surface area contributed by atoms with Crippen molar-refractivity contribution in [3.05, 3.63) is 24.3 Å². The zero-order chi connectivity index (χ0) is 31.3. The van der Waals surface area contributed by atoms with Gasteiger partial charge in [-0.2, -0.15) is 0 Å². The number of unbranched alkanes of at least 4 members (excludes halogenated alkanes) is 23. The molecule has 43 heavy (non-hydrogen) atoms. The number of carbonyl (C=O) groups is 1. The van der Waals surface area contributed by atoms with Crippen molar-refractivity contribution in [1.82, 2.24) is 0 Å². The minimum Gasteiger partial charge on any atom is -0.465 e. The van der Waals surface area contributed by atoms with Gasteiger partial charge in [-0.15, -0.1) is 0 Å². The van der Waals surface area contributed by atoms with Crippen molar-refractivity contribution >= 4 is 5.97 Å². The fraction of sp³-hybridized carbons (Fsp3) is 0.878.